The lowest BCUT2D eigenvalue weighted by Crippen LogP contribution is -2.25. The van der Waals surface area contributed by atoms with E-state index in [0.29, 0.717) is 19.8 Å². The lowest BCUT2D eigenvalue weighted by molar-refractivity contribution is 0.306. The zero-order valence-corrected chi connectivity index (χ0v) is 28.8. The van der Waals surface area contributed by atoms with E-state index in [1.807, 2.05) is 18.2 Å². The molecule has 5 aromatic carbocycles. The van der Waals surface area contributed by atoms with Crippen LogP contribution in [-0.4, -0.2) is 6.61 Å². The van der Waals surface area contributed by atoms with Crippen LogP contribution in [0.1, 0.15) is 58.7 Å². The summed E-state index contributed by atoms with van der Waals surface area (Å²) in [5.41, 5.74) is 9.99. The van der Waals surface area contributed by atoms with Crippen LogP contribution in [0.2, 0.25) is 0 Å². The Balaban J connectivity index is 1.21. The van der Waals surface area contributed by atoms with Crippen molar-refractivity contribution in [2.75, 3.05) is 6.61 Å². The van der Waals surface area contributed by atoms with E-state index in [2.05, 4.69) is 160 Å². The average Bonchev–Trinajstić information content (AvgIpc) is 3.19. The van der Waals surface area contributed by atoms with Crippen LogP contribution >= 0.6 is 0 Å². The summed E-state index contributed by atoms with van der Waals surface area (Å²) in [5.74, 6) is 2.50. The standard InChI is InChI=1S/C47H44O3/c1-5-35-8-14-38(15-9-35)32-48-44-26-20-41(21-27-44)47(4,42-22-28-45(29-23-42)49-33-39-16-10-36(6-2)11-17-39)43-24-30-46(31-25-43)50-34-40-18-12-37(7-3)13-19-40/h5-12,14-18,20-31H,1-3,13,19,32-34H2,4H3. The fourth-order valence-corrected chi connectivity index (χ4v) is 6.15. The third-order valence-electron chi connectivity index (χ3n) is 9.49. The van der Waals surface area contributed by atoms with Crippen LogP contribution < -0.4 is 14.2 Å². The van der Waals surface area contributed by atoms with Gasteiger partial charge in [0.25, 0.3) is 0 Å². The van der Waals surface area contributed by atoms with Gasteiger partial charge in [0.1, 0.15) is 37.1 Å². The van der Waals surface area contributed by atoms with E-state index in [4.69, 9.17) is 14.2 Å². The molecule has 0 amide bonds. The van der Waals surface area contributed by atoms with Gasteiger partial charge in [-0.3, -0.25) is 0 Å². The Morgan fingerprint density at radius 3 is 1.22 bits per heavy atom. The minimum atomic E-state index is -0.450. The van der Waals surface area contributed by atoms with Gasteiger partial charge in [-0.05, 0) is 106 Å². The van der Waals surface area contributed by atoms with Crippen LogP contribution in [-0.2, 0) is 18.6 Å². The molecule has 0 fully saturated rings. The van der Waals surface area contributed by atoms with E-state index < -0.39 is 5.41 Å². The molecule has 0 heterocycles. The average molecular weight is 657 g/mol. The quantitative estimate of drug-likeness (QED) is 0.105. The summed E-state index contributed by atoms with van der Waals surface area (Å²) in [5, 5.41) is 0. The van der Waals surface area contributed by atoms with Crippen LogP contribution in [0.4, 0.5) is 0 Å². The Labute approximate surface area is 297 Å². The molecule has 0 aromatic heterocycles. The lowest BCUT2D eigenvalue weighted by Gasteiger charge is -2.32. The highest BCUT2D eigenvalue weighted by Gasteiger charge is 2.31. The second kappa shape index (κ2) is 16.1. The van der Waals surface area contributed by atoms with Crippen LogP contribution in [0.15, 0.2) is 170 Å². The van der Waals surface area contributed by atoms with Gasteiger partial charge in [-0.2, -0.15) is 0 Å². The molecule has 0 aliphatic heterocycles. The zero-order valence-electron chi connectivity index (χ0n) is 28.8. The maximum atomic E-state index is 6.21. The molecule has 1 aliphatic carbocycles. The normalized spacial score (nSPS) is 12.7. The molecule has 0 N–H and O–H groups in total. The highest BCUT2D eigenvalue weighted by molar-refractivity contribution is 5.53. The van der Waals surface area contributed by atoms with Crippen molar-refractivity contribution in [3.8, 4) is 17.2 Å². The van der Waals surface area contributed by atoms with E-state index in [1.165, 1.54) is 11.1 Å². The van der Waals surface area contributed by atoms with Crippen LogP contribution in [0.3, 0.4) is 0 Å². The minimum Gasteiger partial charge on any atom is -0.489 e. The first-order valence-corrected chi connectivity index (χ1v) is 17.1. The maximum Gasteiger partial charge on any atom is 0.119 e. The zero-order chi connectivity index (χ0) is 34.8. The highest BCUT2D eigenvalue weighted by atomic mass is 16.5. The van der Waals surface area contributed by atoms with Crippen molar-refractivity contribution in [3.63, 3.8) is 0 Å². The van der Waals surface area contributed by atoms with E-state index >= 15 is 0 Å². The molecular formula is C47H44O3. The number of hydrogen-bond donors (Lipinski definition) is 0. The van der Waals surface area contributed by atoms with Crippen molar-refractivity contribution in [2.45, 2.75) is 38.4 Å². The summed E-state index contributed by atoms with van der Waals surface area (Å²) in [6.07, 6.45) is 11.9. The topological polar surface area (TPSA) is 27.7 Å². The fourth-order valence-electron chi connectivity index (χ4n) is 6.15. The molecule has 0 saturated carbocycles. The van der Waals surface area contributed by atoms with Crippen LogP contribution in [0.5, 0.6) is 17.2 Å². The number of ether oxygens (including phenoxy) is 3. The summed E-state index contributed by atoms with van der Waals surface area (Å²) < 4.78 is 18.5. The SMILES string of the molecule is C=CC1=CC=C(COc2ccc(C(C)(c3ccc(OCc4ccc(C=C)cc4)cc3)c3ccc(OCc4ccc(C=C)cc4)cc3)cc2)CC1. The summed E-state index contributed by atoms with van der Waals surface area (Å²) in [6.45, 7) is 15.4. The molecule has 50 heavy (non-hydrogen) atoms. The predicted molar refractivity (Wildman–Crippen MR) is 208 cm³/mol. The molecule has 0 bridgehead atoms. The van der Waals surface area contributed by atoms with Gasteiger partial charge in [0.2, 0.25) is 0 Å². The number of allylic oxidation sites excluding steroid dienone is 4. The van der Waals surface area contributed by atoms with Crippen molar-refractivity contribution in [1.82, 2.24) is 0 Å². The van der Waals surface area contributed by atoms with Gasteiger partial charge in [-0.1, -0.05) is 135 Å². The summed E-state index contributed by atoms with van der Waals surface area (Å²) >= 11 is 0. The van der Waals surface area contributed by atoms with Crippen molar-refractivity contribution < 1.29 is 14.2 Å². The van der Waals surface area contributed by atoms with E-state index in [0.717, 1.165) is 69.0 Å². The van der Waals surface area contributed by atoms with E-state index in [9.17, 15) is 0 Å². The maximum absolute atomic E-state index is 6.21. The molecule has 0 atom stereocenters. The number of benzene rings is 5. The molecule has 3 nitrogen and oxygen atoms in total. The first-order valence-electron chi connectivity index (χ1n) is 17.1. The van der Waals surface area contributed by atoms with Gasteiger partial charge in [0.15, 0.2) is 0 Å². The predicted octanol–water partition coefficient (Wildman–Crippen LogP) is 11.7. The third-order valence-corrected chi connectivity index (χ3v) is 9.49. The first-order chi connectivity index (χ1) is 24.5. The number of hydrogen-bond acceptors (Lipinski definition) is 3. The Morgan fingerprint density at radius 1 is 0.480 bits per heavy atom. The van der Waals surface area contributed by atoms with E-state index in [1.54, 1.807) is 0 Å². The van der Waals surface area contributed by atoms with Gasteiger partial charge in [0, 0.05) is 5.41 Å². The Bertz CT molecular complexity index is 1860. The van der Waals surface area contributed by atoms with Crippen molar-refractivity contribution >= 4 is 12.2 Å². The van der Waals surface area contributed by atoms with Crippen molar-refractivity contribution in [1.29, 1.82) is 0 Å². The first kappa shape index (κ1) is 34.1. The molecular weight excluding hydrogens is 613 g/mol. The molecule has 0 spiro atoms. The lowest BCUT2D eigenvalue weighted by atomic mass is 9.71. The second-order valence-corrected chi connectivity index (χ2v) is 12.7. The molecule has 5 aromatic rings. The van der Waals surface area contributed by atoms with Crippen LogP contribution in [0, 0.1) is 0 Å². The molecule has 6 rings (SSSR count). The second-order valence-electron chi connectivity index (χ2n) is 12.7. The monoisotopic (exact) mass is 656 g/mol. The smallest absolute Gasteiger partial charge is 0.119 e. The Kier molecular flexibility index (Phi) is 10.9. The van der Waals surface area contributed by atoms with Gasteiger partial charge in [-0.15, -0.1) is 0 Å². The summed E-state index contributed by atoms with van der Waals surface area (Å²) in [4.78, 5) is 0. The van der Waals surface area contributed by atoms with Gasteiger partial charge < -0.3 is 14.2 Å². The largest absolute Gasteiger partial charge is 0.489 e. The third kappa shape index (κ3) is 8.25. The highest BCUT2D eigenvalue weighted by Crippen LogP contribution is 2.41. The van der Waals surface area contributed by atoms with Crippen LogP contribution in [0.25, 0.3) is 12.2 Å². The molecule has 250 valence electrons. The Hall–Kier alpha value is -5.80. The molecule has 1 aliphatic rings. The van der Waals surface area contributed by atoms with E-state index in [-0.39, 0.29) is 0 Å². The van der Waals surface area contributed by atoms with Crippen molar-refractivity contribution in [3.05, 3.63) is 209 Å². The van der Waals surface area contributed by atoms with Crippen molar-refractivity contribution in [2.24, 2.45) is 0 Å². The summed E-state index contributed by atoms with van der Waals surface area (Å²) in [7, 11) is 0. The fraction of sp³-hybridized carbons (Fsp3) is 0.149. The Morgan fingerprint density at radius 2 is 0.880 bits per heavy atom. The molecule has 0 unspecified atom stereocenters. The number of rotatable bonds is 15. The minimum absolute atomic E-state index is 0.450. The summed E-state index contributed by atoms with van der Waals surface area (Å²) in [6, 6.07) is 41.9. The molecule has 3 heteroatoms. The van der Waals surface area contributed by atoms with Gasteiger partial charge in [0.05, 0.1) is 0 Å². The molecule has 0 saturated heterocycles. The molecule has 0 radical (unpaired) electrons. The van der Waals surface area contributed by atoms with Gasteiger partial charge in [-0.25, -0.2) is 0 Å². The van der Waals surface area contributed by atoms with Gasteiger partial charge >= 0.3 is 0 Å².